The zero-order chi connectivity index (χ0) is 15.1. The molecular weight excluding hydrogens is 264 g/mol. The zero-order valence-corrected chi connectivity index (χ0v) is 13.1. The van der Waals surface area contributed by atoms with Gasteiger partial charge in [0.1, 0.15) is 0 Å². The lowest BCUT2D eigenvalue weighted by Gasteiger charge is -2.33. The van der Waals surface area contributed by atoms with Crippen LogP contribution in [0.5, 0.6) is 0 Å². The second-order valence-corrected chi connectivity index (χ2v) is 5.70. The van der Waals surface area contributed by atoms with Gasteiger partial charge in [-0.25, -0.2) is 0 Å². The van der Waals surface area contributed by atoms with Crippen LogP contribution in [0.4, 0.5) is 0 Å². The molecule has 0 heterocycles. The maximum Gasteiger partial charge on any atom is 0.314 e. The van der Waals surface area contributed by atoms with Gasteiger partial charge in [-0.15, -0.1) is 0 Å². The number of benzene rings is 1. The van der Waals surface area contributed by atoms with Crippen molar-refractivity contribution in [1.29, 1.82) is 0 Å². The SMILES string of the molecule is CCOC(=O)C1(CCc2ccccc2)CCCC1OCC. The predicted molar refractivity (Wildman–Crippen MR) is 83.1 cm³/mol. The molecule has 2 atom stereocenters. The molecule has 3 nitrogen and oxygen atoms in total. The number of carbonyl (C=O) groups excluding carboxylic acids is 1. The Hall–Kier alpha value is -1.35. The smallest absolute Gasteiger partial charge is 0.314 e. The molecule has 1 aliphatic carbocycles. The van der Waals surface area contributed by atoms with Crippen LogP contribution in [0.1, 0.15) is 45.1 Å². The van der Waals surface area contributed by atoms with Crippen molar-refractivity contribution >= 4 is 5.97 Å². The van der Waals surface area contributed by atoms with Crippen LogP contribution in [0.15, 0.2) is 30.3 Å². The van der Waals surface area contributed by atoms with Gasteiger partial charge in [0.2, 0.25) is 0 Å². The van der Waals surface area contributed by atoms with Gasteiger partial charge in [0.25, 0.3) is 0 Å². The highest BCUT2D eigenvalue weighted by Crippen LogP contribution is 2.45. The molecular formula is C18H26O3. The molecule has 1 aromatic carbocycles. The van der Waals surface area contributed by atoms with E-state index in [0.717, 1.165) is 32.1 Å². The average molecular weight is 290 g/mol. The highest BCUT2D eigenvalue weighted by molar-refractivity contribution is 5.78. The van der Waals surface area contributed by atoms with E-state index < -0.39 is 5.41 Å². The van der Waals surface area contributed by atoms with Gasteiger partial charge in [0.05, 0.1) is 18.1 Å². The van der Waals surface area contributed by atoms with Crippen molar-refractivity contribution < 1.29 is 14.3 Å². The molecule has 0 aliphatic heterocycles. The fraction of sp³-hybridized carbons (Fsp3) is 0.611. The van der Waals surface area contributed by atoms with Crippen molar-refractivity contribution in [3.63, 3.8) is 0 Å². The van der Waals surface area contributed by atoms with E-state index in [1.807, 2.05) is 32.0 Å². The minimum Gasteiger partial charge on any atom is -0.465 e. The molecule has 1 fully saturated rings. The maximum atomic E-state index is 12.6. The number of ether oxygens (including phenoxy) is 2. The molecule has 1 aromatic rings. The van der Waals surface area contributed by atoms with Crippen LogP contribution in [-0.4, -0.2) is 25.3 Å². The molecule has 2 rings (SSSR count). The summed E-state index contributed by atoms with van der Waals surface area (Å²) in [6, 6.07) is 10.3. The normalized spacial score (nSPS) is 25.0. The van der Waals surface area contributed by atoms with Crippen LogP contribution in [-0.2, 0) is 20.7 Å². The Morgan fingerprint density at radius 2 is 2.00 bits per heavy atom. The molecule has 116 valence electrons. The van der Waals surface area contributed by atoms with Gasteiger partial charge < -0.3 is 9.47 Å². The summed E-state index contributed by atoms with van der Waals surface area (Å²) in [5.41, 5.74) is 0.810. The first kappa shape index (κ1) is 16.0. The lowest BCUT2D eigenvalue weighted by molar-refractivity contribution is -0.164. The molecule has 0 bridgehead atoms. The first-order chi connectivity index (χ1) is 10.2. The molecule has 0 amide bonds. The van der Waals surface area contributed by atoms with E-state index in [9.17, 15) is 4.79 Å². The fourth-order valence-electron chi connectivity index (χ4n) is 3.39. The third-order valence-electron chi connectivity index (χ3n) is 4.46. The molecule has 0 spiro atoms. The van der Waals surface area contributed by atoms with Gasteiger partial charge in [0.15, 0.2) is 0 Å². The van der Waals surface area contributed by atoms with Crippen molar-refractivity contribution in [3.8, 4) is 0 Å². The van der Waals surface area contributed by atoms with Crippen molar-refractivity contribution in [2.75, 3.05) is 13.2 Å². The van der Waals surface area contributed by atoms with E-state index in [1.54, 1.807) is 0 Å². The van der Waals surface area contributed by atoms with Crippen LogP contribution in [0, 0.1) is 5.41 Å². The monoisotopic (exact) mass is 290 g/mol. The highest BCUT2D eigenvalue weighted by atomic mass is 16.5. The highest BCUT2D eigenvalue weighted by Gasteiger charge is 2.50. The third kappa shape index (κ3) is 3.65. The van der Waals surface area contributed by atoms with Crippen molar-refractivity contribution in [3.05, 3.63) is 35.9 Å². The molecule has 0 radical (unpaired) electrons. The number of aryl methyl sites for hydroxylation is 1. The summed E-state index contributed by atoms with van der Waals surface area (Å²) in [5.74, 6) is -0.0723. The molecule has 1 aliphatic rings. The topological polar surface area (TPSA) is 35.5 Å². The molecule has 0 saturated heterocycles. The van der Waals surface area contributed by atoms with Crippen molar-refractivity contribution in [2.45, 2.75) is 52.1 Å². The predicted octanol–water partition coefficient (Wildman–Crippen LogP) is 3.76. The van der Waals surface area contributed by atoms with Crippen molar-refractivity contribution in [2.24, 2.45) is 5.41 Å². The Labute approximate surface area is 127 Å². The second-order valence-electron chi connectivity index (χ2n) is 5.70. The molecule has 0 aromatic heterocycles. The summed E-state index contributed by atoms with van der Waals surface area (Å²) in [7, 11) is 0. The van der Waals surface area contributed by atoms with E-state index >= 15 is 0 Å². The Kier molecular flexibility index (Phi) is 5.80. The Balaban J connectivity index is 2.13. The summed E-state index contributed by atoms with van der Waals surface area (Å²) >= 11 is 0. The van der Waals surface area contributed by atoms with Crippen molar-refractivity contribution in [1.82, 2.24) is 0 Å². The lowest BCUT2D eigenvalue weighted by Crippen LogP contribution is -2.41. The third-order valence-corrected chi connectivity index (χ3v) is 4.46. The Morgan fingerprint density at radius 3 is 2.67 bits per heavy atom. The van der Waals surface area contributed by atoms with E-state index in [1.165, 1.54) is 5.56 Å². The van der Waals surface area contributed by atoms with Crippen LogP contribution >= 0.6 is 0 Å². The Morgan fingerprint density at radius 1 is 1.24 bits per heavy atom. The van der Waals surface area contributed by atoms with Gasteiger partial charge in [0, 0.05) is 6.61 Å². The average Bonchev–Trinajstić information content (AvgIpc) is 2.91. The molecule has 21 heavy (non-hydrogen) atoms. The van der Waals surface area contributed by atoms with Gasteiger partial charge in [-0.05, 0) is 51.5 Å². The number of rotatable bonds is 7. The van der Waals surface area contributed by atoms with Crippen LogP contribution < -0.4 is 0 Å². The summed E-state index contributed by atoms with van der Waals surface area (Å²) in [4.78, 5) is 12.6. The van der Waals surface area contributed by atoms with E-state index in [4.69, 9.17) is 9.47 Å². The second kappa shape index (κ2) is 7.60. The van der Waals surface area contributed by atoms with Gasteiger partial charge >= 0.3 is 5.97 Å². The van der Waals surface area contributed by atoms with E-state index in [2.05, 4.69) is 12.1 Å². The summed E-state index contributed by atoms with van der Waals surface area (Å²) in [6.45, 7) is 4.95. The largest absolute Gasteiger partial charge is 0.465 e. The Bertz CT molecular complexity index is 443. The fourth-order valence-corrected chi connectivity index (χ4v) is 3.39. The summed E-state index contributed by atoms with van der Waals surface area (Å²) in [5, 5.41) is 0. The number of esters is 1. The molecule has 0 N–H and O–H groups in total. The van der Waals surface area contributed by atoms with E-state index in [-0.39, 0.29) is 12.1 Å². The minimum absolute atomic E-state index is 0.00487. The number of hydrogen-bond donors (Lipinski definition) is 0. The molecule has 2 unspecified atom stereocenters. The van der Waals surface area contributed by atoms with Gasteiger partial charge in [-0.3, -0.25) is 4.79 Å². The summed E-state index contributed by atoms with van der Waals surface area (Å²) in [6.07, 6.45) is 4.58. The quantitative estimate of drug-likeness (QED) is 0.717. The van der Waals surface area contributed by atoms with Crippen LogP contribution in [0.3, 0.4) is 0 Å². The maximum absolute atomic E-state index is 12.6. The standard InChI is InChI=1S/C18H26O3/c1-3-20-16-11-8-13-18(16,17(19)21-4-2)14-12-15-9-6-5-7-10-15/h5-7,9-10,16H,3-4,8,11-14H2,1-2H3. The minimum atomic E-state index is -0.456. The first-order valence-corrected chi connectivity index (χ1v) is 8.05. The zero-order valence-electron chi connectivity index (χ0n) is 13.1. The van der Waals surface area contributed by atoms with Gasteiger partial charge in [-0.1, -0.05) is 30.3 Å². The summed E-state index contributed by atoms with van der Waals surface area (Å²) < 4.78 is 11.2. The number of carbonyl (C=O) groups is 1. The van der Waals surface area contributed by atoms with E-state index in [0.29, 0.717) is 13.2 Å². The number of hydrogen-bond acceptors (Lipinski definition) is 3. The van der Waals surface area contributed by atoms with Crippen LogP contribution in [0.2, 0.25) is 0 Å². The van der Waals surface area contributed by atoms with Gasteiger partial charge in [-0.2, -0.15) is 0 Å². The molecule has 3 heteroatoms. The lowest BCUT2D eigenvalue weighted by atomic mass is 9.78. The first-order valence-electron chi connectivity index (χ1n) is 8.05. The molecule has 1 saturated carbocycles. The van der Waals surface area contributed by atoms with Crippen LogP contribution in [0.25, 0.3) is 0 Å².